The van der Waals surface area contributed by atoms with E-state index in [1.54, 1.807) is 0 Å². The van der Waals surface area contributed by atoms with Gasteiger partial charge in [-0.05, 0) is 33.1 Å². The number of rotatable bonds is 11. The van der Waals surface area contributed by atoms with Gasteiger partial charge in [-0.3, -0.25) is 4.99 Å². The second kappa shape index (κ2) is 11.7. The number of nitrogens with one attached hydrogen (secondary N) is 2. The van der Waals surface area contributed by atoms with Gasteiger partial charge in [-0.25, -0.2) is 8.42 Å². The molecule has 0 spiro atoms. The summed E-state index contributed by atoms with van der Waals surface area (Å²) in [5.74, 6) is 1.45. The highest BCUT2D eigenvalue weighted by Crippen LogP contribution is 2.12. The van der Waals surface area contributed by atoms with Gasteiger partial charge in [0.1, 0.15) is 9.84 Å². The maximum absolute atomic E-state index is 11.2. The first-order valence-corrected chi connectivity index (χ1v) is 10.8. The minimum Gasteiger partial charge on any atom is -0.381 e. The van der Waals surface area contributed by atoms with Crippen LogP contribution < -0.4 is 10.6 Å². The average molecular weight is 364 g/mol. The summed E-state index contributed by atoms with van der Waals surface area (Å²) < 4.78 is 33.4. The molecule has 8 heteroatoms. The molecule has 0 aromatic rings. The van der Waals surface area contributed by atoms with Crippen LogP contribution in [0.25, 0.3) is 0 Å². The lowest BCUT2D eigenvalue weighted by atomic mass is 10.1. The number of sulfone groups is 1. The van der Waals surface area contributed by atoms with Crippen LogP contribution in [-0.2, 0) is 19.3 Å². The maximum atomic E-state index is 11.2. The van der Waals surface area contributed by atoms with Gasteiger partial charge in [0.25, 0.3) is 0 Å². The van der Waals surface area contributed by atoms with E-state index in [2.05, 4.69) is 15.6 Å². The van der Waals surface area contributed by atoms with Gasteiger partial charge < -0.3 is 20.1 Å². The number of aliphatic imine (C=N–C) groups is 1. The van der Waals surface area contributed by atoms with E-state index in [4.69, 9.17) is 9.47 Å². The minimum atomic E-state index is -2.93. The number of hydrogen-bond donors (Lipinski definition) is 2. The quantitative estimate of drug-likeness (QED) is 0.321. The van der Waals surface area contributed by atoms with Gasteiger partial charge in [-0.2, -0.15) is 0 Å². The van der Waals surface area contributed by atoms with E-state index in [0.717, 1.165) is 45.2 Å². The molecule has 0 aromatic heterocycles. The molecule has 0 radical (unpaired) electrons. The van der Waals surface area contributed by atoms with Crippen molar-refractivity contribution in [2.75, 3.05) is 51.5 Å². The van der Waals surface area contributed by atoms with Crippen molar-refractivity contribution in [3.05, 3.63) is 0 Å². The average Bonchev–Trinajstić information content (AvgIpc) is 3.01. The van der Waals surface area contributed by atoms with E-state index in [9.17, 15) is 8.42 Å². The van der Waals surface area contributed by atoms with Gasteiger partial charge in [0, 0.05) is 44.5 Å². The molecular formula is C16H33N3O4S. The molecule has 0 bridgehead atoms. The molecule has 0 aromatic carbocycles. The summed E-state index contributed by atoms with van der Waals surface area (Å²) in [6, 6.07) is 0.0520. The first-order valence-electron chi connectivity index (χ1n) is 8.78. The summed E-state index contributed by atoms with van der Waals surface area (Å²) >= 11 is 0. The van der Waals surface area contributed by atoms with Crippen molar-refractivity contribution in [2.45, 2.75) is 39.2 Å². The van der Waals surface area contributed by atoms with E-state index in [1.165, 1.54) is 6.26 Å². The molecule has 2 atom stereocenters. The molecule has 1 saturated heterocycles. The fourth-order valence-electron chi connectivity index (χ4n) is 2.34. The lowest BCUT2D eigenvalue weighted by Gasteiger charge is -2.17. The van der Waals surface area contributed by atoms with Gasteiger partial charge in [0.2, 0.25) is 0 Å². The fraction of sp³-hybridized carbons (Fsp3) is 0.938. The fourth-order valence-corrected chi connectivity index (χ4v) is 3.12. The van der Waals surface area contributed by atoms with Crippen LogP contribution in [0.15, 0.2) is 4.99 Å². The predicted octanol–water partition coefficient (Wildman–Crippen LogP) is 0.808. The number of ether oxygens (including phenoxy) is 2. The predicted molar refractivity (Wildman–Crippen MR) is 97.3 cm³/mol. The SMILES string of the molecule is CCNC(=NCCCOCC1CCOC1)NC(C)CCS(C)(=O)=O. The standard InChI is InChI=1S/C16H33N3O4S/c1-4-17-16(19-14(2)7-11-24(3,20)21)18-8-5-9-22-12-15-6-10-23-13-15/h14-15H,4-13H2,1-3H3,(H2,17,18,19). The van der Waals surface area contributed by atoms with Crippen LogP contribution in [0, 0.1) is 5.92 Å². The van der Waals surface area contributed by atoms with Crippen molar-refractivity contribution in [1.82, 2.24) is 10.6 Å². The van der Waals surface area contributed by atoms with Crippen molar-refractivity contribution in [3.63, 3.8) is 0 Å². The normalized spacial score (nSPS) is 20.1. The molecular weight excluding hydrogens is 330 g/mol. The Balaban J connectivity index is 2.20. The molecule has 1 heterocycles. The van der Waals surface area contributed by atoms with Crippen molar-refractivity contribution in [3.8, 4) is 0 Å². The highest BCUT2D eigenvalue weighted by Gasteiger charge is 2.15. The van der Waals surface area contributed by atoms with E-state index in [1.807, 2.05) is 13.8 Å². The first-order chi connectivity index (χ1) is 11.4. The lowest BCUT2D eigenvalue weighted by molar-refractivity contribution is 0.0893. The van der Waals surface area contributed by atoms with Gasteiger partial charge in [0.15, 0.2) is 5.96 Å². The van der Waals surface area contributed by atoms with Crippen LogP contribution in [0.4, 0.5) is 0 Å². The zero-order valence-electron chi connectivity index (χ0n) is 15.2. The third-order valence-electron chi connectivity index (χ3n) is 3.74. The van der Waals surface area contributed by atoms with Crippen LogP contribution in [0.3, 0.4) is 0 Å². The second-order valence-corrected chi connectivity index (χ2v) is 8.64. The largest absolute Gasteiger partial charge is 0.381 e. The third-order valence-corrected chi connectivity index (χ3v) is 4.72. The van der Waals surface area contributed by atoms with Crippen molar-refractivity contribution in [1.29, 1.82) is 0 Å². The van der Waals surface area contributed by atoms with Gasteiger partial charge in [0.05, 0.1) is 19.0 Å². The number of hydrogen-bond acceptors (Lipinski definition) is 5. The zero-order valence-corrected chi connectivity index (χ0v) is 16.0. The van der Waals surface area contributed by atoms with Crippen molar-refractivity contribution < 1.29 is 17.9 Å². The van der Waals surface area contributed by atoms with Crippen molar-refractivity contribution >= 4 is 15.8 Å². The summed E-state index contributed by atoms with van der Waals surface area (Å²) in [6.45, 7) is 8.55. The number of guanidine groups is 1. The minimum absolute atomic E-state index is 0.0520. The molecule has 2 N–H and O–H groups in total. The summed E-state index contributed by atoms with van der Waals surface area (Å²) in [5, 5.41) is 6.42. The van der Waals surface area contributed by atoms with Crippen LogP contribution in [0.5, 0.6) is 0 Å². The highest BCUT2D eigenvalue weighted by molar-refractivity contribution is 7.90. The summed E-state index contributed by atoms with van der Waals surface area (Å²) in [7, 11) is -2.93. The molecule has 1 aliphatic rings. The smallest absolute Gasteiger partial charge is 0.191 e. The van der Waals surface area contributed by atoms with Crippen LogP contribution >= 0.6 is 0 Å². The van der Waals surface area contributed by atoms with Gasteiger partial charge in [-0.1, -0.05) is 0 Å². The molecule has 1 fully saturated rings. The zero-order chi connectivity index (χ0) is 17.8. The molecule has 24 heavy (non-hydrogen) atoms. The Bertz CT molecular complexity index is 462. The summed E-state index contributed by atoms with van der Waals surface area (Å²) in [6.07, 6.45) is 3.78. The maximum Gasteiger partial charge on any atom is 0.191 e. The monoisotopic (exact) mass is 363 g/mol. The first kappa shape index (κ1) is 21.2. The Morgan fingerprint density at radius 1 is 1.46 bits per heavy atom. The van der Waals surface area contributed by atoms with Crippen LogP contribution in [0.2, 0.25) is 0 Å². The van der Waals surface area contributed by atoms with E-state index in [-0.39, 0.29) is 11.8 Å². The molecule has 0 amide bonds. The molecule has 7 nitrogen and oxygen atoms in total. The Hall–Kier alpha value is -0.860. The van der Waals surface area contributed by atoms with Crippen molar-refractivity contribution in [2.24, 2.45) is 10.9 Å². The summed E-state index contributed by atoms with van der Waals surface area (Å²) in [4.78, 5) is 4.51. The van der Waals surface area contributed by atoms with Gasteiger partial charge >= 0.3 is 0 Å². The molecule has 1 aliphatic heterocycles. The molecule has 2 unspecified atom stereocenters. The Kier molecular flexibility index (Phi) is 10.3. The summed E-state index contributed by atoms with van der Waals surface area (Å²) in [5.41, 5.74) is 0. The molecule has 142 valence electrons. The van der Waals surface area contributed by atoms with Gasteiger partial charge in [-0.15, -0.1) is 0 Å². The Labute approximate surface area is 146 Å². The topological polar surface area (TPSA) is 89.0 Å². The molecule has 1 rings (SSSR count). The van der Waals surface area contributed by atoms with Crippen LogP contribution in [-0.4, -0.2) is 71.9 Å². The van der Waals surface area contributed by atoms with E-state index in [0.29, 0.717) is 25.5 Å². The Morgan fingerprint density at radius 2 is 2.25 bits per heavy atom. The third kappa shape index (κ3) is 10.8. The Morgan fingerprint density at radius 3 is 2.88 bits per heavy atom. The molecule has 0 aliphatic carbocycles. The number of nitrogens with zero attached hydrogens (tertiary/aromatic N) is 1. The van der Waals surface area contributed by atoms with E-state index >= 15 is 0 Å². The second-order valence-electron chi connectivity index (χ2n) is 6.38. The lowest BCUT2D eigenvalue weighted by Crippen LogP contribution is -2.43. The molecule has 0 saturated carbocycles. The van der Waals surface area contributed by atoms with E-state index < -0.39 is 9.84 Å². The highest BCUT2D eigenvalue weighted by atomic mass is 32.2. The van der Waals surface area contributed by atoms with Crippen LogP contribution in [0.1, 0.15) is 33.1 Å².